The summed E-state index contributed by atoms with van der Waals surface area (Å²) in [5.74, 6) is -3.51. The largest absolute Gasteiger partial charge is 0.367 e. The molecule has 0 unspecified atom stereocenters. The van der Waals surface area contributed by atoms with Crippen molar-refractivity contribution in [1.29, 1.82) is 0 Å². The Morgan fingerprint density at radius 1 is 0.952 bits per heavy atom. The van der Waals surface area contributed by atoms with Gasteiger partial charge in [-0.25, -0.2) is 27.5 Å². The quantitative estimate of drug-likeness (QED) is 0.187. The molecule has 1 fully saturated rings. The number of nitrogens with one attached hydrogen (secondary N) is 3. The molecular weight excluding hydrogens is 550 g/mol. The summed E-state index contributed by atoms with van der Waals surface area (Å²) in [4.78, 5) is 15.0. The van der Waals surface area contributed by atoms with Crippen LogP contribution in [-0.4, -0.2) is 45.2 Å². The summed E-state index contributed by atoms with van der Waals surface area (Å²) in [5.41, 5.74) is 1.71. The summed E-state index contributed by atoms with van der Waals surface area (Å²) >= 11 is 0. The van der Waals surface area contributed by atoms with Crippen molar-refractivity contribution in [2.24, 2.45) is 5.92 Å². The summed E-state index contributed by atoms with van der Waals surface area (Å²) < 4.78 is 58.5. The lowest BCUT2D eigenvalue weighted by atomic mass is 9.89. The molecule has 1 aliphatic rings. The number of hydrogen-bond donors (Lipinski definition) is 3. The second kappa shape index (κ2) is 12.2. The molecule has 0 atom stereocenters. The lowest BCUT2D eigenvalue weighted by Crippen LogP contribution is -2.43. The lowest BCUT2D eigenvalue weighted by molar-refractivity contribution is -0.0382. The van der Waals surface area contributed by atoms with Gasteiger partial charge in [0.15, 0.2) is 5.82 Å². The maximum absolute atomic E-state index is 16.1. The molecule has 0 aliphatic heterocycles. The minimum absolute atomic E-state index is 0.0319. The Balaban J connectivity index is 1.59. The first-order valence-electron chi connectivity index (χ1n) is 13.8. The van der Waals surface area contributed by atoms with Gasteiger partial charge in [0.25, 0.3) is 0 Å². The van der Waals surface area contributed by atoms with Crippen LogP contribution in [0.25, 0.3) is 22.5 Å². The second-order valence-electron chi connectivity index (χ2n) is 10.8. The number of aromatic amines is 1. The van der Waals surface area contributed by atoms with Crippen molar-refractivity contribution in [2.45, 2.75) is 51.5 Å². The van der Waals surface area contributed by atoms with Gasteiger partial charge >= 0.3 is 6.03 Å². The SMILES string of the molecule is CC(C)CN(c1cc(F)c(-c2ccccc2-c2nnn[nH]2)cc1NC(=O)Nc1ccccc1F)C1CCC(F)(F)CC1. The summed E-state index contributed by atoms with van der Waals surface area (Å²) in [7, 11) is 0. The fraction of sp³-hybridized carbons (Fsp3) is 0.333. The Hall–Kier alpha value is -4.48. The van der Waals surface area contributed by atoms with Gasteiger partial charge in [0.05, 0.1) is 17.1 Å². The minimum Gasteiger partial charge on any atom is -0.367 e. The molecule has 0 radical (unpaired) electrons. The van der Waals surface area contributed by atoms with E-state index in [2.05, 4.69) is 31.3 Å². The van der Waals surface area contributed by atoms with Crippen molar-refractivity contribution in [1.82, 2.24) is 20.6 Å². The zero-order chi connectivity index (χ0) is 29.9. The van der Waals surface area contributed by atoms with Gasteiger partial charge in [-0.3, -0.25) is 0 Å². The molecule has 12 heteroatoms. The molecule has 4 aromatic rings. The Kier molecular flexibility index (Phi) is 8.41. The van der Waals surface area contributed by atoms with E-state index in [1.807, 2.05) is 18.7 Å². The topological polar surface area (TPSA) is 98.8 Å². The van der Waals surface area contributed by atoms with E-state index in [1.165, 1.54) is 30.3 Å². The molecule has 0 saturated heterocycles. The van der Waals surface area contributed by atoms with Crippen molar-refractivity contribution >= 4 is 23.1 Å². The fourth-order valence-electron chi connectivity index (χ4n) is 5.32. The molecule has 8 nitrogen and oxygen atoms in total. The van der Waals surface area contributed by atoms with Crippen LogP contribution in [0.3, 0.4) is 0 Å². The van der Waals surface area contributed by atoms with E-state index in [0.29, 0.717) is 29.2 Å². The van der Waals surface area contributed by atoms with Crippen molar-refractivity contribution in [3.8, 4) is 22.5 Å². The standard InChI is InChI=1S/C30H31F4N7O/c1-18(2)17-41(19-11-13-30(33,34)14-12-19)27-16-24(32)22(20-7-3-4-8-21(20)28-37-39-40-38-28)15-26(27)36-29(42)35-25-10-6-5-9-23(25)31/h3-10,15-16,18-19H,11-14,17H2,1-2H3,(H2,35,36,42)(H,37,38,39,40). The molecule has 0 bridgehead atoms. The van der Waals surface area contributed by atoms with Gasteiger partial charge in [-0.1, -0.05) is 50.2 Å². The van der Waals surface area contributed by atoms with Crippen LogP contribution >= 0.6 is 0 Å². The van der Waals surface area contributed by atoms with Crippen LogP contribution in [0.4, 0.5) is 39.4 Å². The van der Waals surface area contributed by atoms with E-state index in [0.717, 1.165) is 0 Å². The molecule has 1 aromatic heterocycles. The van der Waals surface area contributed by atoms with Crippen molar-refractivity contribution in [3.63, 3.8) is 0 Å². The first-order valence-corrected chi connectivity index (χ1v) is 13.8. The molecule has 1 heterocycles. The van der Waals surface area contributed by atoms with Gasteiger partial charge in [0, 0.05) is 36.6 Å². The van der Waals surface area contributed by atoms with Gasteiger partial charge < -0.3 is 15.5 Å². The number of tetrazole rings is 1. The van der Waals surface area contributed by atoms with Crippen LogP contribution in [0.1, 0.15) is 39.5 Å². The molecule has 1 aliphatic carbocycles. The number of rotatable bonds is 8. The molecular formula is C30H31F4N7O. The summed E-state index contributed by atoms with van der Waals surface area (Å²) in [6, 6.07) is 14.4. The third-order valence-corrected chi connectivity index (χ3v) is 7.27. The van der Waals surface area contributed by atoms with Crippen LogP contribution < -0.4 is 15.5 Å². The third kappa shape index (κ3) is 6.53. The maximum atomic E-state index is 16.1. The maximum Gasteiger partial charge on any atom is 0.323 e. The third-order valence-electron chi connectivity index (χ3n) is 7.27. The van der Waals surface area contributed by atoms with E-state index in [9.17, 15) is 18.0 Å². The number of aromatic nitrogens is 4. The van der Waals surface area contributed by atoms with Gasteiger partial charge in [-0.05, 0) is 59.0 Å². The van der Waals surface area contributed by atoms with Crippen LogP contribution in [0.5, 0.6) is 0 Å². The summed E-state index contributed by atoms with van der Waals surface area (Å²) in [6.07, 6.45) is -0.125. The number of nitrogens with zero attached hydrogens (tertiary/aromatic N) is 4. The number of H-pyrrole nitrogens is 1. The first-order chi connectivity index (χ1) is 20.1. The van der Waals surface area contributed by atoms with Gasteiger partial charge in [0.2, 0.25) is 5.92 Å². The second-order valence-corrected chi connectivity index (χ2v) is 10.8. The highest BCUT2D eigenvalue weighted by molar-refractivity contribution is 6.03. The highest BCUT2D eigenvalue weighted by Crippen LogP contribution is 2.42. The average Bonchev–Trinajstić information content (AvgIpc) is 3.49. The normalized spacial score (nSPS) is 15.0. The number of anilines is 3. The number of halogens is 4. The smallest absolute Gasteiger partial charge is 0.323 e. The van der Waals surface area contributed by atoms with E-state index in [1.54, 1.807) is 30.3 Å². The van der Waals surface area contributed by atoms with Crippen molar-refractivity contribution in [3.05, 3.63) is 72.3 Å². The Bertz CT molecular complexity index is 1530. The van der Waals surface area contributed by atoms with Gasteiger partial charge in [-0.2, -0.15) is 0 Å². The number of carbonyl (C=O) groups excluding carboxylic acids is 1. The van der Waals surface area contributed by atoms with Crippen LogP contribution in [0.2, 0.25) is 0 Å². The number of benzene rings is 3. The minimum atomic E-state index is -2.74. The van der Waals surface area contributed by atoms with Crippen LogP contribution in [0, 0.1) is 17.6 Å². The van der Waals surface area contributed by atoms with E-state index >= 15 is 4.39 Å². The van der Waals surface area contributed by atoms with Crippen molar-refractivity contribution < 1.29 is 22.4 Å². The Morgan fingerprint density at radius 3 is 2.29 bits per heavy atom. The zero-order valence-corrected chi connectivity index (χ0v) is 23.2. The number of carbonyl (C=O) groups is 1. The molecule has 5 rings (SSSR count). The van der Waals surface area contributed by atoms with Crippen LogP contribution in [0.15, 0.2) is 60.7 Å². The number of alkyl halides is 2. The number of hydrogen-bond acceptors (Lipinski definition) is 5. The number of para-hydroxylation sites is 1. The number of urea groups is 1. The average molecular weight is 582 g/mol. The van der Waals surface area contributed by atoms with Gasteiger partial charge in [-0.15, -0.1) is 5.10 Å². The van der Waals surface area contributed by atoms with Crippen LogP contribution in [-0.2, 0) is 0 Å². The predicted octanol–water partition coefficient (Wildman–Crippen LogP) is 7.50. The molecule has 220 valence electrons. The molecule has 0 spiro atoms. The predicted molar refractivity (Wildman–Crippen MR) is 153 cm³/mol. The highest BCUT2D eigenvalue weighted by atomic mass is 19.3. The number of amides is 2. The molecule has 1 saturated carbocycles. The molecule has 2 amide bonds. The molecule has 42 heavy (non-hydrogen) atoms. The van der Waals surface area contributed by atoms with Crippen molar-refractivity contribution in [2.75, 3.05) is 22.1 Å². The highest BCUT2D eigenvalue weighted by Gasteiger charge is 2.38. The van der Waals surface area contributed by atoms with E-state index in [-0.39, 0.29) is 54.6 Å². The lowest BCUT2D eigenvalue weighted by Gasteiger charge is -2.40. The summed E-state index contributed by atoms with van der Waals surface area (Å²) in [6.45, 7) is 4.41. The van der Waals surface area contributed by atoms with Gasteiger partial charge in [0.1, 0.15) is 11.6 Å². The monoisotopic (exact) mass is 581 g/mol. The van der Waals surface area contributed by atoms with E-state index < -0.39 is 23.6 Å². The van der Waals surface area contributed by atoms with E-state index in [4.69, 9.17) is 0 Å². The summed E-state index contributed by atoms with van der Waals surface area (Å²) in [5, 5.41) is 19.1. The first kappa shape index (κ1) is 29.0. The fourth-order valence-corrected chi connectivity index (χ4v) is 5.32. The molecule has 3 N–H and O–H groups in total. The Labute approximate surface area is 240 Å². The molecule has 3 aromatic carbocycles. The Morgan fingerprint density at radius 2 is 1.62 bits per heavy atom. The zero-order valence-electron chi connectivity index (χ0n) is 23.2.